The first-order valence-electron chi connectivity index (χ1n) is 14.7. The first-order chi connectivity index (χ1) is 18.2. The first kappa shape index (κ1) is 27.5. The summed E-state index contributed by atoms with van der Waals surface area (Å²) in [6.07, 6.45) is 17.3. The SMILES string of the molecule is CCCCCCCCCCCc1noc(-c2ccc(C(c3cccc4c3CCCC4)N(O)CC)cc2)n1. The third-order valence-corrected chi connectivity index (χ3v) is 7.79. The standard InChI is InChI=1S/C32H45N3O2/c1-3-5-6-7-8-9-10-11-12-20-30-33-32(37-34-30)27-23-21-26(22-24-27)31(35(36)4-2)29-19-15-17-25-16-13-14-18-28(25)29/h15,17,19,21-24,31,36H,3-14,16,18,20H2,1-2H3. The minimum absolute atomic E-state index is 0.183. The molecule has 0 bridgehead atoms. The highest BCUT2D eigenvalue weighted by Crippen LogP contribution is 2.35. The molecule has 0 spiro atoms. The quantitative estimate of drug-likeness (QED) is 0.166. The van der Waals surface area contributed by atoms with Crippen molar-refractivity contribution < 1.29 is 9.73 Å². The molecule has 200 valence electrons. The minimum atomic E-state index is -0.183. The van der Waals surface area contributed by atoms with Crippen LogP contribution in [0.1, 0.15) is 119 Å². The molecule has 3 aromatic rings. The fourth-order valence-electron chi connectivity index (χ4n) is 5.64. The van der Waals surface area contributed by atoms with Gasteiger partial charge in [0.15, 0.2) is 5.82 Å². The molecular weight excluding hydrogens is 458 g/mol. The number of hydrogen-bond acceptors (Lipinski definition) is 5. The van der Waals surface area contributed by atoms with E-state index in [1.54, 1.807) is 0 Å². The van der Waals surface area contributed by atoms with Crippen LogP contribution >= 0.6 is 0 Å². The van der Waals surface area contributed by atoms with Gasteiger partial charge in [-0.2, -0.15) is 10.0 Å². The third-order valence-electron chi connectivity index (χ3n) is 7.79. The van der Waals surface area contributed by atoms with E-state index >= 15 is 0 Å². The Morgan fingerprint density at radius 3 is 2.30 bits per heavy atom. The van der Waals surface area contributed by atoms with Crippen LogP contribution in [0.4, 0.5) is 0 Å². The Bertz CT molecular complexity index is 1080. The van der Waals surface area contributed by atoms with Gasteiger partial charge in [0.25, 0.3) is 5.89 Å². The van der Waals surface area contributed by atoms with Crippen LogP contribution < -0.4 is 0 Å². The molecule has 0 amide bonds. The summed E-state index contributed by atoms with van der Waals surface area (Å²) in [5.41, 5.74) is 6.05. The lowest BCUT2D eigenvalue weighted by atomic mass is 9.84. The molecule has 1 aliphatic rings. The lowest BCUT2D eigenvalue weighted by Gasteiger charge is -2.30. The normalized spacial score (nSPS) is 14.2. The average molecular weight is 504 g/mol. The fourth-order valence-corrected chi connectivity index (χ4v) is 5.64. The number of aromatic nitrogens is 2. The van der Waals surface area contributed by atoms with Crippen LogP contribution in [0.15, 0.2) is 47.0 Å². The highest BCUT2D eigenvalue weighted by atomic mass is 16.5. The van der Waals surface area contributed by atoms with Crippen molar-refractivity contribution >= 4 is 0 Å². The van der Waals surface area contributed by atoms with Gasteiger partial charge in [0.05, 0.1) is 6.04 Å². The summed E-state index contributed by atoms with van der Waals surface area (Å²) in [6, 6.07) is 14.6. The number of rotatable bonds is 15. The van der Waals surface area contributed by atoms with Gasteiger partial charge >= 0.3 is 0 Å². The van der Waals surface area contributed by atoms with Crippen LogP contribution in [0.25, 0.3) is 11.5 Å². The van der Waals surface area contributed by atoms with Crippen molar-refractivity contribution in [1.82, 2.24) is 15.2 Å². The molecule has 0 saturated carbocycles. The molecular formula is C32H45N3O2. The zero-order valence-electron chi connectivity index (χ0n) is 22.9. The summed E-state index contributed by atoms with van der Waals surface area (Å²) < 4.78 is 5.59. The predicted molar refractivity (Wildman–Crippen MR) is 150 cm³/mol. The number of unbranched alkanes of at least 4 members (excludes halogenated alkanes) is 8. The molecule has 4 rings (SSSR count). The van der Waals surface area contributed by atoms with E-state index in [1.165, 1.54) is 86.0 Å². The Morgan fingerprint density at radius 2 is 1.57 bits per heavy atom. The van der Waals surface area contributed by atoms with Gasteiger partial charge in [-0.25, -0.2) is 0 Å². The van der Waals surface area contributed by atoms with Gasteiger partial charge in [0.2, 0.25) is 0 Å². The van der Waals surface area contributed by atoms with Gasteiger partial charge in [0.1, 0.15) is 0 Å². The summed E-state index contributed by atoms with van der Waals surface area (Å²) in [5.74, 6) is 1.37. The van der Waals surface area contributed by atoms with E-state index < -0.39 is 0 Å². The van der Waals surface area contributed by atoms with E-state index in [2.05, 4.69) is 47.4 Å². The van der Waals surface area contributed by atoms with Gasteiger partial charge in [-0.05, 0) is 66.5 Å². The van der Waals surface area contributed by atoms with E-state index in [-0.39, 0.29) is 6.04 Å². The number of benzene rings is 2. The number of aryl methyl sites for hydroxylation is 2. The van der Waals surface area contributed by atoms with Gasteiger partial charge < -0.3 is 9.73 Å². The number of fused-ring (bicyclic) bond motifs is 1. The Morgan fingerprint density at radius 1 is 0.865 bits per heavy atom. The first-order valence-corrected chi connectivity index (χ1v) is 14.7. The second kappa shape index (κ2) is 14.4. The molecule has 1 heterocycles. The van der Waals surface area contributed by atoms with Crippen LogP contribution in [-0.4, -0.2) is 27.0 Å². The largest absolute Gasteiger partial charge is 0.334 e. The van der Waals surface area contributed by atoms with Crippen LogP contribution in [0.2, 0.25) is 0 Å². The second-order valence-corrected chi connectivity index (χ2v) is 10.6. The van der Waals surface area contributed by atoms with Crippen LogP contribution in [0.3, 0.4) is 0 Å². The second-order valence-electron chi connectivity index (χ2n) is 10.6. The van der Waals surface area contributed by atoms with Crippen molar-refractivity contribution in [2.24, 2.45) is 0 Å². The molecule has 1 unspecified atom stereocenters. The molecule has 0 saturated heterocycles. The van der Waals surface area contributed by atoms with E-state index in [1.807, 2.05) is 19.1 Å². The molecule has 1 atom stereocenters. The highest BCUT2D eigenvalue weighted by molar-refractivity contribution is 5.54. The Hall–Kier alpha value is -2.50. The molecule has 0 aliphatic heterocycles. The summed E-state index contributed by atoms with van der Waals surface area (Å²) in [7, 11) is 0. The van der Waals surface area contributed by atoms with E-state index in [9.17, 15) is 5.21 Å². The molecule has 37 heavy (non-hydrogen) atoms. The molecule has 1 N–H and O–H groups in total. The van der Waals surface area contributed by atoms with Gasteiger partial charge in [0, 0.05) is 18.5 Å². The van der Waals surface area contributed by atoms with E-state index in [0.717, 1.165) is 42.6 Å². The van der Waals surface area contributed by atoms with Crippen molar-refractivity contribution in [3.8, 4) is 11.5 Å². The zero-order valence-corrected chi connectivity index (χ0v) is 22.9. The maximum Gasteiger partial charge on any atom is 0.257 e. The van der Waals surface area contributed by atoms with Crippen LogP contribution in [0, 0.1) is 0 Å². The Labute approximate surface area is 223 Å². The summed E-state index contributed by atoms with van der Waals surface area (Å²) >= 11 is 0. The Kier molecular flexibility index (Phi) is 10.7. The van der Waals surface area contributed by atoms with Crippen molar-refractivity contribution in [3.05, 3.63) is 70.5 Å². The van der Waals surface area contributed by atoms with Crippen molar-refractivity contribution in [2.75, 3.05) is 6.54 Å². The van der Waals surface area contributed by atoms with Gasteiger partial charge in [-0.3, -0.25) is 0 Å². The fraction of sp³-hybridized carbons (Fsp3) is 0.562. The van der Waals surface area contributed by atoms with Crippen molar-refractivity contribution in [1.29, 1.82) is 0 Å². The monoisotopic (exact) mass is 503 g/mol. The van der Waals surface area contributed by atoms with Crippen molar-refractivity contribution in [3.63, 3.8) is 0 Å². The summed E-state index contributed by atoms with van der Waals surface area (Å²) in [5, 5.41) is 16.6. The smallest absolute Gasteiger partial charge is 0.257 e. The predicted octanol–water partition coefficient (Wildman–Crippen LogP) is 8.49. The molecule has 2 aromatic carbocycles. The molecule has 1 aliphatic carbocycles. The molecule has 1 aromatic heterocycles. The lowest BCUT2D eigenvalue weighted by molar-refractivity contribution is -0.113. The highest BCUT2D eigenvalue weighted by Gasteiger charge is 2.25. The average Bonchev–Trinajstić information content (AvgIpc) is 3.41. The molecule has 5 heteroatoms. The Balaban J connectivity index is 1.35. The van der Waals surface area contributed by atoms with E-state index in [0.29, 0.717) is 12.4 Å². The maximum absolute atomic E-state index is 10.9. The maximum atomic E-state index is 10.9. The molecule has 5 nitrogen and oxygen atoms in total. The minimum Gasteiger partial charge on any atom is -0.334 e. The lowest BCUT2D eigenvalue weighted by Crippen LogP contribution is -2.27. The number of nitrogens with zero attached hydrogens (tertiary/aromatic N) is 3. The van der Waals surface area contributed by atoms with Crippen molar-refractivity contribution in [2.45, 2.75) is 110 Å². The summed E-state index contributed by atoms with van der Waals surface area (Å²) in [4.78, 5) is 4.65. The third kappa shape index (κ3) is 7.52. The number of hydroxylamine groups is 2. The van der Waals surface area contributed by atoms with Gasteiger partial charge in [-0.1, -0.05) is 101 Å². The van der Waals surface area contributed by atoms with Gasteiger partial charge in [-0.15, -0.1) is 0 Å². The van der Waals surface area contributed by atoms with Crippen LogP contribution in [0.5, 0.6) is 0 Å². The number of hydrogen-bond donors (Lipinski definition) is 1. The zero-order chi connectivity index (χ0) is 25.9. The van der Waals surface area contributed by atoms with Crippen LogP contribution in [-0.2, 0) is 19.3 Å². The topological polar surface area (TPSA) is 62.4 Å². The van der Waals surface area contributed by atoms with E-state index in [4.69, 9.17) is 4.52 Å². The molecule has 0 fully saturated rings. The summed E-state index contributed by atoms with van der Waals surface area (Å²) in [6.45, 7) is 4.81. The molecule has 0 radical (unpaired) electrons.